The second kappa shape index (κ2) is 6.72. The molecule has 3 heterocycles. The number of furan rings is 1. The lowest BCUT2D eigenvalue weighted by Gasteiger charge is -2.23. The zero-order valence-corrected chi connectivity index (χ0v) is 14.2. The monoisotopic (exact) mass is 339 g/mol. The van der Waals surface area contributed by atoms with Crippen molar-refractivity contribution in [1.29, 1.82) is 0 Å². The summed E-state index contributed by atoms with van der Waals surface area (Å²) in [5.41, 5.74) is 2.58. The molecule has 0 bridgehead atoms. The van der Waals surface area contributed by atoms with Gasteiger partial charge in [0.25, 0.3) is 5.91 Å². The molecule has 1 unspecified atom stereocenters. The van der Waals surface area contributed by atoms with Crippen LogP contribution in [0.2, 0.25) is 0 Å². The summed E-state index contributed by atoms with van der Waals surface area (Å²) in [5, 5.41) is 1.10. The molecule has 0 N–H and O–H groups in total. The van der Waals surface area contributed by atoms with Crippen LogP contribution in [0.5, 0.6) is 0 Å². The topological polar surface area (TPSA) is 60.5 Å². The number of carbonyl (C=O) groups is 1. The fourth-order valence-corrected chi connectivity index (χ4v) is 3.33. The Labute approximate surface area is 146 Å². The lowest BCUT2D eigenvalue weighted by Crippen LogP contribution is -2.36. The van der Waals surface area contributed by atoms with Gasteiger partial charge in [-0.15, -0.1) is 0 Å². The highest BCUT2D eigenvalue weighted by atomic mass is 16.5. The van der Waals surface area contributed by atoms with Gasteiger partial charge in [0.1, 0.15) is 11.3 Å². The normalized spacial score (nSPS) is 18.4. The average molecular weight is 339 g/mol. The van der Waals surface area contributed by atoms with Crippen molar-refractivity contribution >= 4 is 16.9 Å². The Kier molecular flexibility index (Phi) is 4.28. The Bertz CT molecular complexity index is 883. The van der Waals surface area contributed by atoms with E-state index < -0.39 is 0 Å². The predicted octanol–water partition coefficient (Wildman–Crippen LogP) is 2.50. The Balaban J connectivity index is 1.48. The van der Waals surface area contributed by atoms with Gasteiger partial charge in [0.05, 0.1) is 25.8 Å². The van der Waals surface area contributed by atoms with Crippen LogP contribution in [0.25, 0.3) is 11.0 Å². The van der Waals surface area contributed by atoms with Crippen molar-refractivity contribution < 1.29 is 13.9 Å². The largest absolute Gasteiger partial charge is 0.464 e. The molecule has 1 fully saturated rings. The van der Waals surface area contributed by atoms with Crippen LogP contribution in [-0.4, -0.2) is 46.7 Å². The predicted molar refractivity (Wildman–Crippen MR) is 93.3 cm³/mol. The number of hydrogen-bond donors (Lipinski definition) is 0. The Morgan fingerprint density at radius 2 is 2.28 bits per heavy atom. The first kappa shape index (κ1) is 15.9. The van der Waals surface area contributed by atoms with Crippen molar-refractivity contribution in [2.45, 2.75) is 6.42 Å². The van der Waals surface area contributed by atoms with E-state index in [9.17, 15) is 4.79 Å². The van der Waals surface area contributed by atoms with Gasteiger partial charge in [-0.25, -0.2) is 4.98 Å². The quantitative estimate of drug-likeness (QED) is 0.736. The number of aryl methyl sites for hydroxylation is 1. The third-order valence-electron chi connectivity index (χ3n) is 4.59. The number of ether oxygens (including phenoxy) is 1. The number of imidazole rings is 1. The van der Waals surface area contributed by atoms with Crippen LogP contribution in [0, 0.1) is 5.92 Å². The molecular formula is C19H21N3O3. The van der Waals surface area contributed by atoms with E-state index in [0.717, 1.165) is 17.4 Å². The molecule has 1 atom stereocenters. The van der Waals surface area contributed by atoms with Crippen LogP contribution in [0.4, 0.5) is 0 Å². The number of rotatable bonds is 3. The third-order valence-corrected chi connectivity index (χ3v) is 4.59. The minimum absolute atomic E-state index is 0.0300. The maximum absolute atomic E-state index is 12.7. The van der Waals surface area contributed by atoms with Gasteiger partial charge in [-0.3, -0.25) is 4.79 Å². The van der Waals surface area contributed by atoms with E-state index in [4.69, 9.17) is 9.15 Å². The molecule has 1 aliphatic rings. The second-order valence-electron chi connectivity index (χ2n) is 6.61. The molecule has 6 heteroatoms. The van der Waals surface area contributed by atoms with Gasteiger partial charge >= 0.3 is 0 Å². The molecule has 1 aromatic carbocycles. The van der Waals surface area contributed by atoms with Gasteiger partial charge in [-0.05, 0) is 24.1 Å². The van der Waals surface area contributed by atoms with Crippen molar-refractivity contribution in [2.75, 3.05) is 26.3 Å². The lowest BCUT2D eigenvalue weighted by atomic mass is 9.99. The summed E-state index contributed by atoms with van der Waals surface area (Å²) in [4.78, 5) is 18.7. The summed E-state index contributed by atoms with van der Waals surface area (Å²) in [6.45, 7) is 2.49. The van der Waals surface area contributed by atoms with Gasteiger partial charge in [-0.2, -0.15) is 0 Å². The van der Waals surface area contributed by atoms with Crippen molar-refractivity contribution in [3.05, 3.63) is 54.3 Å². The summed E-state index contributed by atoms with van der Waals surface area (Å²) in [6.07, 6.45) is 5.96. The minimum Gasteiger partial charge on any atom is -0.464 e. The van der Waals surface area contributed by atoms with Gasteiger partial charge in [0.2, 0.25) is 0 Å². The molecule has 1 aliphatic heterocycles. The number of nitrogens with zero attached hydrogens (tertiary/aromatic N) is 3. The van der Waals surface area contributed by atoms with Crippen LogP contribution in [0.3, 0.4) is 0 Å². The molecule has 0 saturated carbocycles. The van der Waals surface area contributed by atoms with Crippen molar-refractivity contribution in [3.63, 3.8) is 0 Å². The van der Waals surface area contributed by atoms with E-state index in [-0.39, 0.29) is 11.8 Å². The highest BCUT2D eigenvalue weighted by Gasteiger charge is 2.25. The molecule has 25 heavy (non-hydrogen) atoms. The van der Waals surface area contributed by atoms with Crippen LogP contribution >= 0.6 is 0 Å². The lowest BCUT2D eigenvalue weighted by molar-refractivity contribution is 0.0732. The number of aromatic nitrogens is 2. The number of carbonyl (C=O) groups excluding carboxylic acids is 1. The molecule has 3 aromatic rings. The van der Waals surface area contributed by atoms with Gasteiger partial charge in [-0.1, -0.05) is 12.1 Å². The van der Waals surface area contributed by atoms with E-state index in [1.807, 2.05) is 18.0 Å². The minimum atomic E-state index is -0.0300. The van der Waals surface area contributed by atoms with Crippen LogP contribution < -0.4 is 0 Å². The summed E-state index contributed by atoms with van der Waals surface area (Å²) < 4.78 is 13.0. The summed E-state index contributed by atoms with van der Waals surface area (Å²) in [6, 6.07) is 8.22. The Morgan fingerprint density at radius 3 is 3.12 bits per heavy atom. The number of amides is 1. The molecule has 130 valence electrons. The van der Waals surface area contributed by atoms with Crippen LogP contribution in [0.15, 0.2) is 47.5 Å². The van der Waals surface area contributed by atoms with Crippen molar-refractivity contribution in [2.24, 2.45) is 13.0 Å². The molecular weight excluding hydrogens is 318 g/mol. The summed E-state index contributed by atoms with van der Waals surface area (Å²) in [5.74, 6) is 0.222. The number of hydrogen-bond acceptors (Lipinski definition) is 4. The smallest absolute Gasteiger partial charge is 0.274 e. The molecule has 6 nitrogen and oxygen atoms in total. The maximum Gasteiger partial charge on any atom is 0.274 e. The zero-order chi connectivity index (χ0) is 17.2. The zero-order valence-electron chi connectivity index (χ0n) is 14.2. The second-order valence-corrected chi connectivity index (χ2v) is 6.61. The molecule has 0 spiro atoms. The standard InChI is InChI=1S/C19H21N3O3/c1-21-11-17(20-13-21)19(23)22-5-7-24-12-15(10-22)8-14-2-3-16-4-6-25-18(16)9-14/h2-4,6,9,11,13,15H,5,7-8,10,12H2,1H3. The first-order valence-corrected chi connectivity index (χ1v) is 8.50. The molecule has 1 amide bonds. The van der Waals surface area contributed by atoms with E-state index >= 15 is 0 Å². The molecule has 2 aromatic heterocycles. The van der Waals surface area contributed by atoms with E-state index in [1.54, 1.807) is 23.4 Å². The first-order valence-electron chi connectivity index (χ1n) is 8.50. The summed E-state index contributed by atoms with van der Waals surface area (Å²) in [7, 11) is 1.86. The molecule has 1 saturated heterocycles. The Hall–Kier alpha value is -2.60. The SMILES string of the molecule is Cn1cnc(C(=O)N2CCOCC(Cc3ccc4ccoc4c3)C2)c1. The molecule has 0 radical (unpaired) electrons. The van der Waals surface area contributed by atoms with E-state index in [2.05, 4.69) is 23.2 Å². The van der Waals surface area contributed by atoms with Crippen molar-refractivity contribution in [3.8, 4) is 0 Å². The third kappa shape index (κ3) is 3.44. The maximum atomic E-state index is 12.7. The van der Waals surface area contributed by atoms with Crippen LogP contribution in [-0.2, 0) is 18.2 Å². The molecule has 4 rings (SSSR count). The fourth-order valence-electron chi connectivity index (χ4n) is 3.33. The highest BCUT2D eigenvalue weighted by Crippen LogP contribution is 2.21. The molecule has 0 aliphatic carbocycles. The van der Waals surface area contributed by atoms with E-state index in [1.165, 1.54) is 5.56 Å². The first-order chi connectivity index (χ1) is 12.2. The summed E-state index contributed by atoms with van der Waals surface area (Å²) >= 11 is 0. The van der Waals surface area contributed by atoms with Gasteiger partial charge in [0, 0.05) is 37.6 Å². The van der Waals surface area contributed by atoms with Gasteiger partial charge in [0.15, 0.2) is 0 Å². The Morgan fingerprint density at radius 1 is 1.36 bits per heavy atom. The van der Waals surface area contributed by atoms with Crippen molar-refractivity contribution in [1.82, 2.24) is 14.5 Å². The average Bonchev–Trinajstić information content (AvgIpc) is 3.18. The fraction of sp³-hybridized carbons (Fsp3) is 0.368. The van der Waals surface area contributed by atoms with Gasteiger partial charge < -0.3 is 18.6 Å². The number of fused-ring (bicyclic) bond motifs is 1. The van der Waals surface area contributed by atoms with E-state index in [0.29, 0.717) is 32.0 Å². The van der Waals surface area contributed by atoms with Crippen LogP contribution in [0.1, 0.15) is 16.1 Å². The number of benzene rings is 1. The highest BCUT2D eigenvalue weighted by molar-refractivity contribution is 5.92.